The first kappa shape index (κ1) is 16.6. The molecule has 2 heterocycles. The van der Waals surface area contributed by atoms with Gasteiger partial charge < -0.3 is 10.4 Å². The predicted molar refractivity (Wildman–Crippen MR) is 90.6 cm³/mol. The second-order valence-corrected chi connectivity index (χ2v) is 6.51. The first-order valence-electron chi connectivity index (χ1n) is 8.49. The summed E-state index contributed by atoms with van der Waals surface area (Å²) in [6.45, 7) is 4.52. The van der Waals surface area contributed by atoms with E-state index in [1.165, 1.54) is 0 Å². The van der Waals surface area contributed by atoms with Gasteiger partial charge in [-0.25, -0.2) is 0 Å². The molecule has 0 aromatic carbocycles. The Bertz CT molecular complexity index is 692. The van der Waals surface area contributed by atoms with Gasteiger partial charge in [-0.3, -0.25) is 14.5 Å². The van der Waals surface area contributed by atoms with Crippen molar-refractivity contribution in [3.63, 3.8) is 0 Å². The van der Waals surface area contributed by atoms with E-state index in [9.17, 15) is 9.90 Å². The van der Waals surface area contributed by atoms with Crippen molar-refractivity contribution in [3.05, 3.63) is 47.5 Å². The smallest absolute Gasteiger partial charge is 0.269 e. The molecule has 24 heavy (non-hydrogen) atoms. The summed E-state index contributed by atoms with van der Waals surface area (Å²) >= 11 is 0. The van der Waals surface area contributed by atoms with E-state index in [1.54, 1.807) is 17.1 Å². The number of aliphatic hydroxyl groups excluding tert-OH is 1. The highest BCUT2D eigenvalue weighted by Crippen LogP contribution is 2.31. The molecule has 6 nitrogen and oxygen atoms in total. The van der Waals surface area contributed by atoms with Crippen molar-refractivity contribution in [1.29, 1.82) is 0 Å². The fraction of sp³-hybridized carbons (Fsp3) is 0.500. The molecule has 0 unspecified atom stereocenters. The molecule has 2 aromatic rings. The molecule has 1 saturated carbocycles. The summed E-state index contributed by atoms with van der Waals surface area (Å²) in [7, 11) is 0. The maximum Gasteiger partial charge on any atom is 0.269 e. The van der Waals surface area contributed by atoms with Crippen LogP contribution in [0.3, 0.4) is 0 Å². The van der Waals surface area contributed by atoms with Crippen LogP contribution in [0.2, 0.25) is 0 Å². The topological polar surface area (TPSA) is 80.0 Å². The van der Waals surface area contributed by atoms with Crippen molar-refractivity contribution in [1.82, 2.24) is 20.1 Å². The third-order valence-electron chi connectivity index (χ3n) is 4.67. The minimum atomic E-state index is -0.241. The number of rotatable bonds is 6. The van der Waals surface area contributed by atoms with Crippen LogP contribution in [0.15, 0.2) is 30.6 Å². The average Bonchev–Trinajstić information content (AvgIpc) is 2.93. The first-order chi connectivity index (χ1) is 11.6. The van der Waals surface area contributed by atoms with Crippen LogP contribution in [-0.2, 0) is 13.0 Å². The number of nitrogens with zero attached hydrogens (tertiary/aromatic N) is 3. The number of nitrogens with one attached hydrogen (secondary N) is 1. The van der Waals surface area contributed by atoms with Gasteiger partial charge in [0, 0.05) is 25.0 Å². The van der Waals surface area contributed by atoms with Crippen LogP contribution in [0.5, 0.6) is 0 Å². The zero-order valence-corrected chi connectivity index (χ0v) is 14.1. The summed E-state index contributed by atoms with van der Waals surface area (Å²) in [4.78, 5) is 16.8. The summed E-state index contributed by atoms with van der Waals surface area (Å²) in [5.74, 6) is 0.203. The molecule has 1 atom stereocenters. The third-order valence-corrected chi connectivity index (χ3v) is 4.67. The minimum absolute atomic E-state index is 0.00353. The summed E-state index contributed by atoms with van der Waals surface area (Å²) < 4.78 is 1.73. The van der Waals surface area contributed by atoms with E-state index in [2.05, 4.69) is 15.4 Å². The lowest BCUT2D eigenvalue weighted by molar-refractivity contribution is 0.0238. The summed E-state index contributed by atoms with van der Waals surface area (Å²) in [6.07, 6.45) is 5.50. The van der Waals surface area contributed by atoms with Gasteiger partial charge >= 0.3 is 0 Å². The van der Waals surface area contributed by atoms with Crippen LogP contribution < -0.4 is 5.32 Å². The van der Waals surface area contributed by atoms with Crippen molar-refractivity contribution in [2.45, 2.75) is 51.8 Å². The molecule has 0 radical (unpaired) electrons. The Morgan fingerprint density at radius 2 is 2.12 bits per heavy atom. The van der Waals surface area contributed by atoms with E-state index in [0.29, 0.717) is 18.2 Å². The number of hydrogen-bond donors (Lipinski definition) is 2. The summed E-state index contributed by atoms with van der Waals surface area (Å²) in [5.41, 5.74) is 2.57. The largest absolute Gasteiger partial charge is 0.393 e. The zero-order valence-electron chi connectivity index (χ0n) is 14.1. The van der Waals surface area contributed by atoms with E-state index < -0.39 is 0 Å². The average molecular weight is 328 g/mol. The molecule has 0 aliphatic heterocycles. The lowest BCUT2D eigenvalue weighted by Crippen LogP contribution is -2.48. The lowest BCUT2D eigenvalue weighted by atomic mass is 9.75. The molecule has 6 heteroatoms. The van der Waals surface area contributed by atoms with E-state index >= 15 is 0 Å². The normalized spacial score (nSPS) is 21.1. The van der Waals surface area contributed by atoms with Gasteiger partial charge in [0.25, 0.3) is 5.91 Å². The molecule has 1 fully saturated rings. The van der Waals surface area contributed by atoms with Gasteiger partial charge in [0.2, 0.25) is 0 Å². The second-order valence-electron chi connectivity index (χ2n) is 6.51. The monoisotopic (exact) mass is 328 g/mol. The van der Waals surface area contributed by atoms with E-state index in [4.69, 9.17) is 0 Å². The number of pyridine rings is 1. The number of carbonyl (C=O) groups is 1. The van der Waals surface area contributed by atoms with Crippen molar-refractivity contribution in [3.8, 4) is 0 Å². The molecule has 0 bridgehead atoms. The lowest BCUT2D eigenvalue weighted by Gasteiger charge is -2.38. The van der Waals surface area contributed by atoms with Crippen LogP contribution in [0.4, 0.5) is 0 Å². The first-order valence-corrected chi connectivity index (χ1v) is 8.49. The number of amides is 1. The fourth-order valence-corrected chi connectivity index (χ4v) is 3.28. The Morgan fingerprint density at radius 1 is 1.42 bits per heavy atom. The quantitative estimate of drug-likeness (QED) is 0.846. The van der Waals surface area contributed by atoms with E-state index in [0.717, 1.165) is 30.5 Å². The van der Waals surface area contributed by atoms with Gasteiger partial charge in [-0.1, -0.05) is 0 Å². The molecule has 1 aliphatic rings. The zero-order chi connectivity index (χ0) is 17.1. The van der Waals surface area contributed by atoms with E-state index in [1.807, 2.05) is 32.0 Å². The van der Waals surface area contributed by atoms with Crippen LogP contribution >= 0.6 is 0 Å². The van der Waals surface area contributed by atoms with E-state index in [-0.39, 0.29) is 18.1 Å². The molecule has 0 spiro atoms. The third kappa shape index (κ3) is 3.64. The predicted octanol–water partition coefficient (Wildman–Crippen LogP) is 1.72. The van der Waals surface area contributed by atoms with Crippen molar-refractivity contribution in [2.24, 2.45) is 5.92 Å². The van der Waals surface area contributed by atoms with Crippen molar-refractivity contribution < 1.29 is 9.90 Å². The molecule has 128 valence electrons. The van der Waals surface area contributed by atoms with Gasteiger partial charge in [-0.05, 0) is 62.8 Å². The highest BCUT2D eigenvalue weighted by atomic mass is 16.3. The maximum absolute atomic E-state index is 12.7. The van der Waals surface area contributed by atoms with Crippen LogP contribution in [-0.4, -0.2) is 37.9 Å². The van der Waals surface area contributed by atoms with Gasteiger partial charge in [0.15, 0.2) is 0 Å². The number of carbonyl (C=O) groups excluding carboxylic acids is 1. The summed E-state index contributed by atoms with van der Waals surface area (Å²) in [6, 6.07) is 5.75. The van der Waals surface area contributed by atoms with Crippen LogP contribution in [0.25, 0.3) is 0 Å². The molecule has 3 rings (SSSR count). The molecule has 1 amide bonds. The second kappa shape index (κ2) is 7.13. The number of aromatic nitrogens is 3. The Balaban J connectivity index is 1.74. The van der Waals surface area contributed by atoms with Crippen molar-refractivity contribution >= 4 is 5.91 Å². The molecule has 2 N–H and O–H groups in total. The van der Waals surface area contributed by atoms with Gasteiger partial charge in [0.05, 0.1) is 11.8 Å². The Morgan fingerprint density at radius 3 is 2.75 bits per heavy atom. The van der Waals surface area contributed by atoms with Gasteiger partial charge in [0.1, 0.15) is 5.69 Å². The number of aliphatic hydroxyl groups is 1. The fourth-order valence-electron chi connectivity index (χ4n) is 3.28. The number of hydrogen-bond acceptors (Lipinski definition) is 4. The maximum atomic E-state index is 12.7. The molecule has 1 aliphatic carbocycles. The number of aryl methyl sites for hydroxylation is 2. The SMILES string of the molecule is CCn1nc(C)cc1C(=O)N[C@@H](Cc1ccncc1)C1CC(O)C1. The summed E-state index contributed by atoms with van der Waals surface area (Å²) in [5, 5.41) is 17.1. The molecular weight excluding hydrogens is 304 g/mol. The Kier molecular flexibility index (Phi) is 4.94. The van der Waals surface area contributed by atoms with Gasteiger partial charge in [-0.2, -0.15) is 5.10 Å². The minimum Gasteiger partial charge on any atom is -0.393 e. The highest BCUT2D eigenvalue weighted by molar-refractivity contribution is 5.92. The molecule has 0 saturated heterocycles. The van der Waals surface area contributed by atoms with Crippen LogP contribution in [0.1, 0.15) is 41.5 Å². The molecule has 2 aromatic heterocycles. The standard InChI is InChI=1S/C18H24N4O2/c1-3-22-17(8-12(2)21-22)18(24)20-16(14-10-15(23)11-14)9-13-4-6-19-7-5-13/h4-8,14-16,23H,3,9-11H2,1-2H3,(H,20,24)/t14?,15?,16-/m0/s1. The highest BCUT2D eigenvalue weighted by Gasteiger charge is 2.35. The van der Waals surface area contributed by atoms with Gasteiger partial charge in [-0.15, -0.1) is 0 Å². The molecular formula is C18H24N4O2. The Labute approximate surface area is 141 Å². The Hall–Kier alpha value is -2.21. The van der Waals surface area contributed by atoms with Crippen LogP contribution in [0, 0.1) is 12.8 Å². The van der Waals surface area contributed by atoms with Crippen molar-refractivity contribution in [2.75, 3.05) is 0 Å².